The lowest BCUT2D eigenvalue weighted by Crippen LogP contribution is -2.64. The smallest absolute Gasteiger partial charge is 0.329 e. The molecule has 1 aliphatic carbocycles. The fourth-order valence-corrected chi connectivity index (χ4v) is 12.8. The Bertz CT molecular complexity index is 2020. The summed E-state index contributed by atoms with van der Waals surface area (Å²) < 4.78 is 44.8. The number of fused-ring (bicyclic) bond motifs is 3. The average molecular weight is 1040 g/mol. The maximum Gasteiger partial charge on any atom is 0.329 e. The molecule has 14 unspecified atom stereocenters. The first-order valence-electron chi connectivity index (χ1n) is 27.4. The van der Waals surface area contributed by atoms with Gasteiger partial charge in [0.05, 0.1) is 37.1 Å². The van der Waals surface area contributed by atoms with Crippen LogP contribution in [-0.2, 0) is 58.6 Å². The number of hydrogen-bond donors (Lipinski definition) is 2. The van der Waals surface area contributed by atoms with E-state index in [4.69, 9.17) is 32.8 Å². The standard InChI is InChI=1S/C58H94N2O12Si/c1-15-44-30-37(2)29-38(3)31-50(67-11)53-51(68-12)33-40(5)58(65,71-53)54(62)55(63)60-27-20-19-23-45(60)56(64)70-52(41(6)48(35-46(44)61)72-73(13,14)57(7,8)9)39(4)32-43-24-25-47(49(34-43)66-10)69-28-26-59-36-42-21-17-16-18-22-42/h16-18,21-22,30,32,38,40-41,43-45,47-53,59,65H,15,19-20,23-29,31,33-36H2,1-14H3/b37-30+,39-32?. The summed E-state index contributed by atoms with van der Waals surface area (Å²) >= 11 is 0. The number of methoxy groups -OCH3 is 3. The van der Waals surface area contributed by atoms with Crippen molar-refractivity contribution in [3.63, 3.8) is 0 Å². The lowest BCUT2D eigenvalue weighted by molar-refractivity contribution is -0.302. The fourth-order valence-electron chi connectivity index (χ4n) is 11.4. The third kappa shape index (κ3) is 15.7. The van der Waals surface area contributed by atoms with E-state index in [-0.39, 0.29) is 66.6 Å². The van der Waals surface area contributed by atoms with Crippen molar-refractivity contribution in [2.45, 2.75) is 212 Å². The summed E-state index contributed by atoms with van der Waals surface area (Å²) in [5.41, 5.74) is 3.08. The van der Waals surface area contributed by atoms with E-state index in [2.05, 4.69) is 70.4 Å². The molecule has 14 atom stereocenters. The Morgan fingerprint density at radius 1 is 0.890 bits per heavy atom. The summed E-state index contributed by atoms with van der Waals surface area (Å²) in [7, 11) is 2.30. The summed E-state index contributed by atoms with van der Waals surface area (Å²) in [6, 6.07) is 9.17. The van der Waals surface area contributed by atoms with Crippen molar-refractivity contribution < 1.29 is 57.1 Å². The Morgan fingerprint density at radius 3 is 2.21 bits per heavy atom. The highest BCUT2D eigenvalue weighted by Gasteiger charge is 2.57. The van der Waals surface area contributed by atoms with Crippen LogP contribution < -0.4 is 5.32 Å². The number of nitrogens with one attached hydrogen (secondary N) is 1. The largest absolute Gasteiger partial charge is 0.456 e. The molecule has 3 fully saturated rings. The molecular formula is C58H94N2O12Si. The quantitative estimate of drug-likeness (QED) is 0.0595. The van der Waals surface area contributed by atoms with Gasteiger partial charge < -0.3 is 48.2 Å². The Morgan fingerprint density at radius 2 is 1.56 bits per heavy atom. The SMILES string of the molecule is CCC1/C=C(\C)CC(C)CC(OC)C2OC(O)(C(=O)C(=O)N3CCCCC3C(=O)OC(C(C)=CC3CCC(OCCNCc4ccccc4)C(OC)C3)C(C)C(O[Si](C)(C)C(C)(C)C)CC1=O)C(C)CC2OC. The van der Waals surface area contributed by atoms with Gasteiger partial charge in [-0.1, -0.05) is 96.5 Å². The van der Waals surface area contributed by atoms with Crippen molar-refractivity contribution in [3.05, 3.63) is 59.2 Å². The molecule has 0 radical (unpaired) electrons. The molecule has 1 aromatic rings. The number of carbonyl (C=O) groups excluding carboxylic acids is 4. The Labute approximate surface area is 439 Å². The fraction of sp³-hybridized carbons (Fsp3) is 0.759. The molecule has 14 nitrogen and oxygen atoms in total. The average Bonchev–Trinajstić information content (AvgIpc) is 3.35. The van der Waals surface area contributed by atoms with Crippen LogP contribution in [0.1, 0.15) is 139 Å². The van der Waals surface area contributed by atoms with Crippen LogP contribution in [0, 0.1) is 29.6 Å². The second-order valence-corrected chi connectivity index (χ2v) is 28.3. The number of hydrogen-bond acceptors (Lipinski definition) is 13. The summed E-state index contributed by atoms with van der Waals surface area (Å²) in [6.07, 6.45) is 6.40. The molecule has 5 rings (SSSR count). The van der Waals surface area contributed by atoms with Crippen molar-refractivity contribution in [2.24, 2.45) is 29.6 Å². The van der Waals surface area contributed by atoms with Gasteiger partial charge in [-0.25, -0.2) is 4.79 Å². The zero-order valence-electron chi connectivity index (χ0n) is 47.0. The lowest BCUT2D eigenvalue weighted by atomic mass is 9.81. The van der Waals surface area contributed by atoms with E-state index in [1.165, 1.54) is 10.5 Å². The van der Waals surface area contributed by atoms with Crippen LogP contribution in [-0.4, -0.2) is 137 Å². The predicted octanol–water partition coefficient (Wildman–Crippen LogP) is 9.32. The number of amides is 1. The molecule has 2 saturated heterocycles. The first-order chi connectivity index (χ1) is 34.5. The molecule has 0 spiro atoms. The van der Waals surface area contributed by atoms with Crippen molar-refractivity contribution in [1.82, 2.24) is 10.2 Å². The Kier molecular flexibility index (Phi) is 22.7. The molecule has 2 N–H and O–H groups in total. The molecule has 412 valence electrons. The molecule has 3 aliphatic heterocycles. The second-order valence-electron chi connectivity index (χ2n) is 23.5. The van der Waals surface area contributed by atoms with Crippen LogP contribution in [0.3, 0.4) is 0 Å². The minimum Gasteiger partial charge on any atom is -0.456 e. The molecule has 1 amide bonds. The maximum atomic E-state index is 15.0. The molecule has 1 aromatic carbocycles. The van der Waals surface area contributed by atoms with Gasteiger partial charge in [0.25, 0.3) is 11.7 Å². The molecule has 1 saturated carbocycles. The number of aliphatic hydroxyl groups is 1. The molecule has 2 bridgehead atoms. The number of ketones is 2. The van der Waals surface area contributed by atoms with Crippen LogP contribution in [0.15, 0.2) is 53.6 Å². The first kappa shape index (κ1) is 60.7. The highest BCUT2D eigenvalue weighted by molar-refractivity contribution is 6.74. The zero-order valence-corrected chi connectivity index (χ0v) is 48.0. The van der Waals surface area contributed by atoms with Crippen molar-refractivity contribution in [3.8, 4) is 0 Å². The molecular weight excluding hydrogens is 945 g/mol. The number of piperidine rings is 1. The van der Waals surface area contributed by atoms with Crippen molar-refractivity contribution in [1.29, 1.82) is 0 Å². The molecule has 0 aromatic heterocycles. The van der Waals surface area contributed by atoms with Crippen LogP contribution in [0.25, 0.3) is 0 Å². The van der Waals surface area contributed by atoms with E-state index in [0.717, 1.165) is 30.5 Å². The van der Waals surface area contributed by atoms with Gasteiger partial charge in [-0.3, -0.25) is 14.4 Å². The number of esters is 1. The summed E-state index contributed by atoms with van der Waals surface area (Å²) in [5.74, 6) is -6.79. The van der Waals surface area contributed by atoms with E-state index in [9.17, 15) is 19.5 Å². The zero-order chi connectivity index (χ0) is 53.8. The Hall–Kier alpha value is -3.12. The number of rotatable bonds is 14. The summed E-state index contributed by atoms with van der Waals surface area (Å²) in [6.45, 7) is 24.9. The molecule has 15 heteroatoms. The number of ether oxygens (including phenoxy) is 6. The number of benzene rings is 1. The number of allylic oxidation sites excluding steroid dienone is 3. The Balaban J connectivity index is 1.53. The van der Waals surface area contributed by atoms with Gasteiger partial charge in [0.2, 0.25) is 5.79 Å². The summed E-state index contributed by atoms with van der Waals surface area (Å²) in [5, 5.41) is 15.6. The van der Waals surface area contributed by atoms with Gasteiger partial charge in [0.1, 0.15) is 24.0 Å². The second kappa shape index (κ2) is 27.3. The van der Waals surface area contributed by atoms with Gasteiger partial charge in [-0.2, -0.15) is 0 Å². The van der Waals surface area contributed by atoms with Crippen LogP contribution >= 0.6 is 0 Å². The number of Topliss-reactive ketones (excluding diaryl/α,β-unsaturated/α-hetero) is 2. The number of carbonyl (C=O) groups is 4. The third-order valence-electron chi connectivity index (χ3n) is 16.9. The first-order valence-corrected chi connectivity index (χ1v) is 30.4. The predicted molar refractivity (Wildman–Crippen MR) is 286 cm³/mol. The monoisotopic (exact) mass is 1040 g/mol. The topological polar surface area (TPSA) is 168 Å². The van der Waals surface area contributed by atoms with Crippen LogP contribution in [0.4, 0.5) is 0 Å². The van der Waals surface area contributed by atoms with Gasteiger partial charge in [0, 0.05) is 65.1 Å². The van der Waals surface area contributed by atoms with Crippen LogP contribution in [0.2, 0.25) is 18.1 Å². The van der Waals surface area contributed by atoms with Gasteiger partial charge in [-0.05, 0) is 119 Å². The lowest BCUT2D eigenvalue weighted by Gasteiger charge is -2.47. The maximum absolute atomic E-state index is 15.0. The molecule has 3 heterocycles. The van der Waals surface area contributed by atoms with Gasteiger partial charge in [0.15, 0.2) is 8.32 Å². The normalized spacial score (nSPS) is 35.1. The minimum atomic E-state index is -2.54. The molecule has 4 aliphatic rings. The van der Waals surface area contributed by atoms with Gasteiger partial charge in [-0.15, -0.1) is 0 Å². The van der Waals surface area contributed by atoms with Crippen molar-refractivity contribution in [2.75, 3.05) is 41.0 Å². The van der Waals surface area contributed by atoms with Crippen LogP contribution in [0.5, 0.6) is 0 Å². The minimum absolute atomic E-state index is 0.0467. The van der Waals surface area contributed by atoms with E-state index in [0.29, 0.717) is 51.7 Å². The van der Waals surface area contributed by atoms with E-state index in [1.807, 2.05) is 45.9 Å². The van der Waals surface area contributed by atoms with Crippen molar-refractivity contribution >= 4 is 31.8 Å². The highest BCUT2D eigenvalue weighted by atomic mass is 28.4. The number of nitrogens with zero attached hydrogens (tertiary/aromatic N) is 1. The van der Waals surface area contributed by atoms with E-state index in [1.54, 1.807) is 28.3 Å². The van der Waals surface area contributed by atoms with Gasteiger partial charge >= 0.3 is 5.97 Å². The third-order valence-corrected chi connectivity index (χ3v) is 21.4. The molecule has 73 heavy (non-hydrogen) atoms. The van der Waals surface area contributed by atoms with E-state index < -0.39 is 80.2 Å². The highest BCUT2D eigenvalue weighted by Crippen LogP contribution is 2.42. The number of cyclic esters (lactones) is 1. The van der Waals surface area contributed by atoms with E-state index >= 15 is 4.79 Å². The summed E-state index contributed by atoms with van der Waals surface area (Å²) in [4.78, 5) is 60.3.